The topological polar surface area (TPSA) is 68.3 Å². The fourth-order valence-corrected chi connectivity index (χ4v) is 2.75. The standard InChI is InChI=1S/C17H20N2O3S/c1-4-22-14(20)10-13-11-23-16(18-13)19-15(21)17(2,3)12-8-6-5-7-9-12/h5-9,11H,4,10H2,1-3H3,(H,18,19,21). The normalized spacial score (nSPS) is 11.1. The number of carbonyl (C=O) groups is 2. The molecule has 1 aromatic heterocycles. The Morgan fingerprint density at radius 1 is 1.26 bits per heavy atom. The van der Waals surface area contributed by atoms with Crippen molar-refractivity contribution in [1.29, 1.82) is 0 Å². The van der Waals surface area contributed by atoms with Crippen LogP contribution in [0.5, 0.6) is 0 Å². The maximum absolute atomic E-state index is 12.5. The summed E-state index contributed by atoms with van der Waals surface area (Å²) >= 11 is 1.30. The molecule has 0 spiro atoms. The number of benzene rings is 1. The summed E-state index contributed by atoms with van der Waals surface area (Å²) in [6.07, 6.45) is 0.113. The van der Waals surface area contributed by atoms with Gasteiger partial charge in [-0.25, -0.2) is 4.98 Å². The third-order valence-electron chi connectivity index (χ3n) is 3.47. The highest BCUT2D eigenvalue weighted by molar-refractivity contribution is 7.13. The summed E-state index contributed by atoms with van der Waals surface area (Å²) in [7, 11) is 0. The smallest absolute Gasteiger partial charge is 0.311 e. The summed E-state index contributed by atoms with van der Waals surface area (Å²) in [6, 6.07) is 9.58. The van der Waals surface area contributed by atoms with Crippen LogP contribution in [-0.2, 0) is 26.2 Å². The van der Waals surface area contributed by atoms with E-state index in [1.807, 2.05) is 44.2 Å². The maximum Gasteiger partial charge on any atom is 0.311 e. The second-order valence-corrected chi connectivity index (χ2v) is 6.43. The predicted octanol–water partition coefficient (Wildman–Crippen LogP) is 3.17. The number of hydrogen-bond donors (Lipinski definition) is 1. The predicted molar refractivity (Wildman–Crippen MR) is 90.5 cm³/mol. The molecule has 0 radical (unpaired) electrons. The summed E-state index contributed by atoms with van der Waals surface area (Å²) in [5, 5.41) is 5.06. The molecule has 0 bridgehead atoms. The van der Waals surface area contributed by atoms with Gasteiger partial charge in [-0.2, -0.15) is 0 Å². The zero-order chi connectivity index (χ0) is 16.9. The molecule has 0 saturated carbocycles. The molecule has 2 aromatic rings. The highest BCUT2D eigenvalue weighted by Crippen LogP contribution is 2.26. The number of nitrogens with one attached hydrogen (secondary N) is 1. The summed E-state index contributed by atoms with van der Waals surface area (Å²) in [5.74, 6) is -0.457. The molecule has 0 aliphatic heterocycles. The molecule has 5 nitrogen and oxygen atoms in total. The van der Waals surface area contributed by atoms with E-state index in [4.69, 9.17) is 4.74 Å². The van der Waals surface area contributed by atoms with Crippen molar-refractivity contribution in [2.24, 2.45) is 0 Å². The van der Waals surface area contributed by atoms with Crippen LogP contribution in [0.15, 0.2) is 35.7 Å². The number of hydrogen-bond acceptors (Lipinski definition) is 5. The molecule has 0 saturated heterocycles. The van der Waals surface area contributed by atoms with Crippen LogP contribution < -0.4 is 5.32 Å². The Hall–Kier alpha value is -2.21. The van der Waals surface area contributed by atoms with Gasteiger partial charge in [0.2, 0.25) is 5.91 Å². The summed E-state index contributed by atoms with van der Waals surface area (Å²) in [4.78, 5) is 28.2. The van der Waals surface area contributed by atoms with Crippen molar-refractivity contribution in [1.82, 2.24) is 4.98 Å². The monoisotopic (exact) mass is 332 g/mol. The number of thiazole rings is 1. The zero-order valence-corrected chi connectivity index (χ0v) is 14.3. The van der Waals surface area contributed by atoms with E-state index >= 15 is 0 Å². The number of nitrogens with zero attached hydrogens (tertiary/aromatic N) is 1. The summed E-state index contributed by atoms with van der Waals surface area (Å²) in [5.41, 5.74) is 0.857. The van der Waals surface area contributed by atoms with E-state index in [2.05, 4.69) is 10.3 Å². The van der Waals surface area contributed by atoms with E-state index in [1.165, 1.54) is 11.3 Å². The molecule has 1 N–H and O–H groups in total. The number of aromatic nitrogens is 1. The molecular weight excluding hydrogens is 312 g/mol. The van der Waals surface area contributed by atoms with Crippen molar-refractivity contribution in [2.45, 2.75) is 32.6 Å². The molecular formula is C17H20N2O3S. The van der Waals surface area contributed by atoms with Crippen LogP contribution >= 0.6 is 11.3 Å². The number of rotatable bonds is 6. The minimum Gasteiger partial charge on any atom is -0.466 e. The summed E-state index contributed by atoms with van der Waals surface area (Å²) in [6.45, 7) is 5.84. The Balaban J connectivity index is 2.03. The lowest BCUT2D eigenvalue weighted by molar-refractivity contribution is -0.142. The highest BCUT2D eigenvalue weighted by atomic mass is 32.1. The Bertz CT molecular complexity index is 680. The van der Waals surface area contributed by atoms with Crippen LogP contribution in [-0.4, -0.2) is 23.5 Å². The van der Waals surface area contributed by atoms with Crippen molar-refractivity contribution in [2.75, 3.05) is 11.9 Å². The van der Waals surface area contributed by atoms with E-state index in [0.29, 0.717) is 17.4 Å². The third-order valence-corrected chi connectivity index (χ3v) is 4.27. The lowest BCUT2D eigenvalue weighted by atomic mass is 9.84. The van der Waals surface area contributed by atoms with Crippen molar-refractivity contribution < 1.29 is 14.3 Å². The van der Waals surface area contributed by atoms with Crippen LogP contribution in [0.1, 0.15) is 32.0 Å². The molecule has 0 fully saturated rings. The van der Waals surface area contributed by atoms with E-state index < -0.39 is 5.41 Å². The third kappa shape index (κ3) is 4.39. The van der Waals surface area contributed by atoms with Gasteiger partial charge in [0, 0.05) is 5.38 Å². The molecule has 1 heterocycles. The SMILES string of the molecule is CCOC(=O)Cc1csc(NC(=O)C(C)(C)c2ccccc2)n1. The van der Waals surface area contributed by atoms with Crippen LogP contribution in [0.4, 0.5) is 5.13 Å². The Labute approximate surface area is 139 Å². The number of amides is 1. The quantitative estimate of drug-likeness (QED) is 0.825. The molecule has 122 valence electrons. The van der Waals surface area contributed by atoms with Gasteiger partial charge in [-0.3, -0.25) is 9.59 Å². The largest absolute Gasteiger partial charge is 0.466 e. The van der Waals surface area contributed by atoms with Gasteiger partial charge in [0.25, 0.3) is 0 Å². The first-order chi connectivity index (χ1) is 10.9. The van der Waals surface area contributed by atoms with Crippen molar-refractivity contribution >= 4 is 28.3 Å². The lowest BCUT2D eigenvalue weighted by Crippen LogP contribution is -2.34. The van der Waals surface area contributed by atoms with Crippen LogP contribution in [0.2, 0.25) is 0 Å². The van der Waals surface area contributed by atoms with Gasteiger partial charge < -0.3 is 10.1 Å². The molecule has 0 atom stereocenters. The lowest BCUT2D eigenvalue weighted by Gasteiger charge is -2.23. The van der Waals surface area contributed by atoms with Crippen LogP contribution in [0.25, 0.3) is 0 Å². The highest BCUT2D eigenvalue weighted by Gasteiger charge is 2.30. The van der Waals surface area contributed by atoms with Crippen molar-refractivity contribution in [3.8, 4) is 0 Å². The minimum atomic E-state index is -0.672. The zero-order valence-electron chi connectivity index (χ0n) is 13.5. The van der Waals surface area contributed by atoms with Gasteiger partial charge in [-0.05, 0) is 26.3 Å². The second kappa shape index (κ2) is 7.37. The van der Waals surface area contributed by atoms with Crippen LogP contribution in [0.3, 0.4) is 0 Å². The molecule has 0 aliphatic rings. The molecule has 2 rings (SSSR count). The van der Waals surface area contributed by atoms with Crippen molar-refractivity contribution in [3.05, 3.63) is 47.0 Å². The number of ether oxygens (including phenoxy) is 1. The maximum atomic E-state index is 12.5. The first kappa shape index (κ1) is 17.1. The minimum absolute atomic E-state index is 0.113. The molecule has 0 aliphatic carbocycles. The number of anilines is 1. The van der Waals surface area contributed by atoms with Gasteiger partial charge in [-0.1, -0.05) is 30.3 Å². The first-order valence-electron chi connectivity index (χ1n) is 7.40. The van der Waals surface area contributed by atoms with Gasteiger partial charge in [-0.15, -0.1) is 11.3 Å². The van der Waals surface area contributed by atoms with E-state index in [9.17, 15) is 9.59 Å². The second-order valence-electron chi connectivity index (χ2n) is 5.57. The fourth-order valence-electron chi connectivity index (χ4n) is 2.04. The number of carbonyl (C=O) groups excluding carboxylic acids is 2. The fraction of sp³-hybridized carbons (Fsp3) is 0.353. The van der Waals surface area contributed by atoms with Gasteiger partial charge in [0.1, 0.15) is 0 Å². The van der Waals surface area contributed by atoms with E-state index in [0.717, 1.165) is 5.56 Å². The van der Waals surface area contributed by atoms with E-state index in [1.54, 1.807) is 12.3 Å². The number of esters is 1. The Kier molecular flexibility index (Phi) is 5.50. The molecule has 1 aromatic carbocycles. The van der Waals surface area contributed by atoms with Gasteiger partial charge >= 0.3 is 5.97 Å². The van der Waals surface area contributed by atoms with Gasteiger partial charge in [0.15, 0.2) is 5.13 Å². The Morgan fingerprint density at radius 3 is 2.61 bits per heavy atom. The Morgan fingerprint density at radius 2 is 1.96 bits per heavy atom. The van der Waals surface area contributed by atoms with Crippen molar-refractivity contribution in [3.63, 3.8) is 0 Å². The first-order valence-corrected chi connectivity index (χ1v) is 8.28. The van der Waals surface area contributed by atoms with Gasteiger partial charge in [0.05, 0.1) is 24.1 Å². The van der Waals surface area contributed by atoms with Crippen LogP contribution in [0, 0.1) is 0 Å². The molecule has 6 heteroatoms. The van der Waals surface area contributed by atoms with E-state index in [-0.39, 0.29) is 18.3 Å². The summed E-state index contributed by atoms with van der Waals surface area (Å²) < 4.78 is 4.89. The molecule has 23 heavy (non-hydrogen) atoms. The molecule has 0 unspecified atom stereocenters. The average molecular weight is 332 g/mol. The average Bonchev–Trinajstić information content (AvgIpc) is 2.95. The molecule has 1 amide bonds.